The number of likely N-dealkylation sites (tertiary alicyclic amines) is 1. The first-order chi connectivity index (χ1) is 11.1. The molecule has 1 aliphatic heterocycles. The molecular formula is C18H27N3O2. The highest BCUT2D eigenvalue weighted by Gasteiger charge is 2.28. The first-order valence-corrected chi connectivity index (χ1v) is 8.82. The van der Waals surface area contributed by atoms with Crippen LogP contribution in [0.5, 0.6) is 0 Å². The molecular weight excluding hydrogens is 290 g/mol. The minimum absolute atomic E-state index is 0.0210. The predicted molar refractivity (Wildman–Crippen MR) is 89.6 cm³/mol. The molecule has 1 aromatic rings. The van der Waals surface area contributed by atoms with Crippen molar-refractivity contribution in [1.82, 2.24) is 14.8 Å². The van der Waals surface area contributed by atoms with Gasteiger partial charge in [0.25, 0.3) is 5.91 Å². The Hall–Kier alpha value is -1.78. The van der Waals surface area contributed by atoms with Crippen molar-refractivity contribution in [3.8, 4) is 0 Å². The van der Waals surface area contributed by atoms with Gasteiger partial charge in [-0.25, -0.2) is 0 Å². The van der Waals surface area contributed by atoms with Crippen LogP contribution in [0.15, 0.2) is 6.07 Å². The van der Waals surface area contributed by atoms with Gasteiger partial charge in [0.1, 0.15) is 0 Å². The molecule has 0 bridgehead atoms. The summed E-state index contributed by atoms with van der Waals surface area (Å²) in [5.74, 6) is 0.205. The van der Waals surface area contributed by atoms with Crippen molar-refractivity contribution in [3.05, 3.63) is 23.0 Å². The number of nitrogens with one attached hydrogen (secondary N) is 1. The van der Waals surface area contributed by atoms with E-state index in [-0.39, 0.29) is 11.8 Å². The lowest BCUT2D eigenvalue weighted by Crippen LogP contribution is -2.38. The van der Waals surface area contributed by atoms with Gasteiger partial charge in [-0.3, -0.25) is 9.59 Å². The molecule has 1 aliphatic carbocycles. The average molecular weight is 317 g/mol. The Bertz CT molecular complexity index is 602. The molecule has 2 heterocycles. The van der Waals surface area contributed by atoms with Crippen LogP contribution in [0.1, 0.15) is 66.3 Å². The normalized spacial score (nSPS) is 18.9. The Labute approximate surface area is 138 Å². The third-order valence-electron chi connectivity index (χ3n) is 4.98. The van der Waals surface area contributed by atoms with E-state index in [0.29, 0.717) is 25.6 Å². The van der Waals surface area contributed by atoms with E-state index >= 15 is 0 Å². The molecule has 23 heavy (non-hydrogen) atoms. The zero-order valence-electron chi connectivity index (χ0n) is 14.2. The molecule has 1 aromatic heterocycles. The fourth-order valence-corrected chi connectivity index (χ4v) is 3.58. The highest BCUT2D eigenvalue weighted by atomic mass is 16.2. The molecule has 0 unspecified atom stereocenters. The lowest BCUT2D eigenvalue weighted by atomic mass is 10.2. The van der Waals surface area contributed by atoms with E-state index in [1.807, 2.05) is 17.9 Å². The van der Waals surface area contributed by atoms with Gasteiger partial charge >= 0.3 is 0 Å². The number of aromatic nitrogens is 1. The average Bonchev–Trinajstić information content (AvgIpc) is 3.31. The van der Waals surface area contributed by atoms with Crippen molar-refractivity contribution in [1.29, 1.82) is 0 Å². The Morgan fingerprint density at radius 2 is 2.04 bits per heavy atom. The maximum absolute atomic E-state index is 12.4. The van der Waals surface area contributed by atoms with Crippen LogP contribution in [-0.2, 0) is 4.79 Å². The number of aryl methyl sites for hydroxylation is 1. The second-order valence-electron chi connectivity index (χ2n) is 6.83. The summed E-state index contributed by atoms with van der Waals surface area (Å²) in [7, 11) is 0. The summed E-state index contributed by atoms with van der Waals surface area (Å²) in [6, 6.07) is 2.58. The highest BCUT2D eigenvalue weighted by Crippen LogP contribution is 2.38. The van der Waals surface area contributed by atoms with E-state index < -0.39 is 0 Å². The number of carbonyl (C=O) groups is 2. The van der Waals surface area contributed by atoms with Crippen molar-refractivity contribution in [3.63, 3.8) is 0 Å². The molecule has 0 atom stereocenters. The first-order valence-electron chi connectivity index (χ1n) is 8.82. The van der Waals surface area contributed by atoms with Gasteiger partial charge in [-0.1, -0.05) is 6.42 Å². The van der Waals surface area contributed by atoms with Crippen LogP contribution in [-0.4, -0.2) is 40.9 Å². The van der Waals surface area contributed by atoms with Crippen LogP contribution in [0.4, 0.5) is 0 Å². The summed E-state index contributed by atoms with van der Waals surface area (Å²) in [6.45, 7) is 6.06. The molecule has 126 valence electrons. The van der Waals surface area contributed by atoms with Gasteiger partial charge in [0.2, 0.25) is 5.91 Å². The minimum atomic E-state index is -0.0210. The molecule has 0 spiro atoms. The number of hydrogen-bond donors (Lipinski definition) is 1. The maximum Gasteiger partial charge on any atom is 0.253 e. The van der Waals surface area contributed by atoms with Gasteiger partial charge in [-0.15, -0.1) is 0 Å². The smallest absolute Gasteiger partial charge is 0.253 e. The summed E-state index contributed by atoms with van der Waals surface area (Å²) in [6.07, 6.45) is 6.28. The monoisotopic (exact) mass is 317 g/mol. The summed E-state index contributed by atoms with van der Waals surface area (Å²) < 4.78 is 2.28. The highest BCUT2D eigenvalue weighted by molar-refractivity contribution is 5.95. The van der Waals surface area contributed by atoms with Gasteiger partial charge < -0.3 is 14.8 Å². The molecule has 5 nitrogen and oxygen atoms in total. The zero-order chi connectivity index (χ0) is 16.4. The number of rotatable bonds is 5. The number of carbonyl (C=O) groups excluding carboxylic acids is 2. The third-order valence-corrected chi connectivity index (χ3v) is 4.98. The molecule has 1 N–H and O–H groups in total. The lowest BCUT2D eigenvalue weighted by Gasteiger charge is -2.20. The Morgan fingerprint density at radius 1 is 1.26 bits per heavy atom. The molecule has 3 rings (SSSR count). The summed E-state index contributed by atoms with van der Waals surface area (Å²) in [4.78, 5) is 26.3. The predicted octanol–water partition coefficient (Wildman–Crippen LogP) is 2.57. The van der Waals surface area contributed by atoms with Crippen molar-refractivity contribution in [2.75, 3.05) is 19.6 Å². The van der Waals surface area contributed by atoms with Crippen molar-refractivity contribution in [2.45, 2.75) is 58.4 Å². The van der Waals surface area contributed by atoms with Crippen LogP contribution in [0.25, 0.3) is 0 Å². The van der Waals surface area contributed by atoms with E-state index in [2.05, 4.69) is 16.8 Å². The van der Waals surface area contributed by atoms with Gasteiger partial charge in [-0.05, 0) is 45.6 Å². The van der Waals surface area contributed by atoms with Gasteiger partial charge in [0.05, 0.1) is 5.56 Å². The molecule has 0 aromatic carbocycles. The van der Waals surface area contributed by atoms with E-state index in [1.54, 1.807) is 0 Å². The van der Waals surface area contributed by atoms with E-state index in [0.717, 1.165) is 42.8 Å². The van der Waals surface area contributed by atoms with Crippen molar-refractivity contribution >= 4 is 11.8 Å². The van der Waals surface area contributed by atoms with E-state index in [9.17, 15) is 9.59 Å². The van der Waals surface area contributed by atoms with Crippen molar-refractivity contribution in [2.24, 2.45) is 0 Å². The Balaban J connectivity index is 1.55. The molecule has 0 radical (unpaired) electrons. The second-order valence-corrected chi connectivity index (χ2v) is 6.83. The summed E-state index contributed by atoms with van der Waals surface area (Å²) >= 11 is 0. The Kier molecular flexibility index (Phi) is 4.74. The standard InChI is InChI=1S/C18H27N3O2/c1-13-12-16(14(2)21(13)15-7-8-15)18(23)19-9-11-20-10-5-3-4-6-17(20)22/h12,15H,3-11H2,1-2H3,(H,19,23). The van der Waals surface area contributed by atoms with Gasteiger partial charge in [0.15, 0.2) is 0 Å². The minimum Gasteiger partial charge on any atom is -0.350 e. The largest absolute Gasteiger partial charge is 0.350 e. The fourth-order valence-electron chi connectivity index (χ4n) is 3.58. The summed E-state index contributed by atoms with van der Waals surface area (Å²) in [5, 5.41) is 2.98. The number of hydrogen-bond acceptors (Lipinski definition) is 2. The van der Waals surface area contributed by atoms with Crippen LogP contribution in [0.3, 0.4) is 0 Å². The fraction of sp³-hybridized carbons (Fsp3) is 0.667. The first kappa shape index (κ1) is 16.1. The lowest BCUT2D eigenvalue weighted by molar-refractivity contribution is -0.130. The van der Waals surface area contributed by atoms with Crippen LogP contribution in [0.2, 0.25) is 0 Å². The Morgan fingerprint density at radius 3 is 2.78 bits per heavy atom. The van der Waals surface area contributed by atoms with Gasteiger partial charge in [-0.2, -0.15) is 0 Å². The molecule has 2 aliphatic rings. The van der Waals surface area contributed by atoms with Crippen LogP contribution in [0, 0.1) is 13.8 Å². The molecule has 1 saturated carbocycles. The number of amides is 2. The van der Waals surface area contributed by atoms with Crippen LogP contribution >= 0.6 is 0 Å². The molecule has 1 saturated heterocycles. The third kappa shape index (κ3) is 3.59. The summed E-state index contributed by atoms with van der Waals surface area (Å²) in [5.41, 5.74) is 3.00. The van der Waals surface area contributed by atoms with E-state index in [4.69, 9.17) is 0 Å². The SMILES string of the molecule is Cc1cc(C(=O)NCCN2CCCCCC2=O)c(C)n1C1CC1. The van der Waals surface area contributed by atoms with Crippen LogP contribution < -0.4 is 5.32 Å². The quantitative estimate of drug-likeness (QED) is 0.907. The number of nitrogens with zero attached hydrogens (tertiary/aromatic N) is 2. The van der Waals surface area contributed by atoms with Crippen molar-refractivity contribution < 1.29 is 9.59 Å². The topological polar surface area (TPSA) is 54.3 Å². The molecule has 2 amide bonds. The van der Waals surface area contributed by atoms with Gasteiger partial charge in [0, 0.05) is 43.5 Å². The van der Waals surface area contributed by atoms with E-state index in [1.165, 1.54) is 12.8 Å². The molecule has 5 heteroatoms. The zero-order valence-corrected chi connectivity index (χ0v) is 14.2. The maximum atomic E-state index is 12.4. The molecule has 2 fully saturated rings. The second kappa shape index (κ2) is 6.77.